The predicted octanol–water partition coefficient (Wildman–Crippen LogP) is 3.17. The van der Waals surface area contributed by atoms with Crippen LogP contribution in [0.1, 0.15) is 25.7 Å². The Balaban J connectivity index is 1.86. The maximum atomic E-state index is 9.97. The number of halogens is 1. The predicted molar refractivity (Wildman–Crippen MR) is 72.6 cm³/mol. The molecule has 0 radical (unpaired) electrons. The van der Waals surface area contributed by atoms with Crippen molar-refractivity contribution in [2.75, 3.05) is 19.0 Å². The van der Waals surface area contributed by atoms with Gasteiger partial charge < -0.3 is 15.2 Å². The van der Waals surface area contributed by atoms with Crippen LogP contribution in [-0.4, -0.2) is 24.4 Å². The Morgan fingerprint density at radius 1 is 1.47 bits per heavy atom. The summed E-state index contributed by atoms with van der Waals surface area (Å²) in [5.41, 5.74) is 0.625. The fourth-order valence-electron chi connectivity index (χ4n) is 2.03. The van der Waals surface area contributed by atoms with E-state index in [2.05, 4.69) is 21.2 Å². The highest BCUT2D eigenvalue weighted by Crippen LogP contribution is 2.34. The molecule has 0 spiro atoms. The molecule has 1 aromatic carbocycles. The summed E-state index contributed by atoms with van der Waals surface area (Å²) in [6.07, 6.45) is 3.85. The topological polar surface area (TPSA) is 41.5 Å². The molecule has 1 aliphatic carbocycles. The van der Waals surface area contributed by atoms with E-state index >= 15 is 0 Å². The molecule has 17 heavy (non-hydrogen) atoms. The molecule has 3 nitrogen and oxygen atoms in total. The highest BCUT2D eigenvalue weighted by Gasteiger charge is 2.33. The third-order valence-corrected chi connectivity index (χ3v) is 4.02. The Bertz CT molecular complexity index is 391. The molecular formula is C13H18BrNO2. The molecule has 4 heteroatoms. The number of aliphatic hydroxyl groups is 1. The molecule has 0 bridgehead atoms. The molecule has 94 valence electrons. The second kappa shape index (κ2) is 5.27. The Labute approximate surface area is 110 Å². The molecule has 0 atom stereocenters. The van der Waals surface area contributed by atoms with Crippen molar-refractivity contribution in [1.82, 2.24) is 0 Å². The van der Waals surface area contributed by atoms with E-state index in [1.54, 1.807) is 7.11 Å². The first kappa shape index (κ1) is 12.7. The van der Waals surface area contributed by atoms with Crippen molar-refractivity contribution in [1.29, 1.82) is 0 Å². The molecule has 1 aromatic rings. The number of hydrogen-bond acceptors (Lipinski definition) is 3. The van der Waals surface area contributed by atoms with E-state index in [1.165, 1.54) is 0 Å². The van der Waals surface area contributed by atoms with Crippen LogP contribution in [0.3, 0.4) is 0 Å². The van der Waals surface area contributed by atoms with E-state index in [0.717, 1.165) is 48.1 Å². The molecule has 1 aliphatic rings. The first-order chi connectivity index (χ1) is 8.13. The van der Waals surface area contributed by atoms with Gasteiger partial charge in [0.25, 0.3) is 0 Å². The summed E-state index contributed by atoms with van der Waals surface area (Å²) in [6, 6.07) is 5.83. The van der Waals surface area contributed by atoms with Crippen LogP contribution in [-0.2, 0) is 0 Å². The first-order valence-electron chi connectivity index (χ1n) is 5.93. The van der Waals surface area contributed by atoms with Gasteiger partial charge >= 0.3 is 0 Å². The van der Waals surface area contributed by atoms with Crippen LogP contribution in [0.2, 0.25) is 0 Å². The number of rotatable bonds is 5. The Morgan fingerprint density at radius 2 is 2.24 bits per heavy atom. The molecule has 0 saturated heterocycles. The highest BCUT2D eigenvalue weighted by atomic mass is 79.9. The SMILES string of the molecule is COc1ccc(NCCC2(O)CCC2)c(Br)c1. The average Bonchev–Trinajstić information content (AvgIpc) is 2.29. The molecule has 2 N–H and O–H groups in total. The van der Waals surface area contributed by atoms with E-state index in [-0.39, 0.29) is 0 Å². The van der Waals surface area contributed by atoms with E-state index in [9.17, 15) is 5.11 Å². The maximum absolute atomic E-state index is 9.97. The lowest BCUT2D eigenvalue weighted by Crippen LogP contribution is -2.38. The summed E-state index contributed by atoms with van der Waals surface area (Å²) in [4.78, 5) is 0. The van der Waals surface area contributed by atoms with Crippen LogP contribution in [0.4, 0.5) is 5.69 Å². The number of anilines is 1. The minimum atomic E-state index is -0.411. The van der Waals surface area contributed by atoms with E-state index in [4.69, 9.17) is 4.74 Å². The van der Waals surface area contributed by atoms with Crippen molar-refractivity contribution in [2.24, 2.45) is 0 Å². The van der Waals surface area contributed by atoms with E-state index < -0.39 is 5.60 Å². The Kier molecular flexibility index (Phi) is 3.94. The molecular weight excluding hydrogens is 282 g/mol. The summed E-state index contributed by atoms with van der Waals surface area (Å²) < 4.78 is 6.12. The summed E-state index contributed by atoms with van der Waals surface area (Å²) in [7, 11) is 1.65. The van der Waals surface area contributed by atoms with Gasteiger partial charge in [-0.25, -0.2) is 0 Å². The Morgan fingerprint density at radius 3 is 2.76 bits per heavy atom. The largest absolute Gasteiger partial charge is 0.497 e. The zero-order chi connectivity index (χ0) is 12.3. The van der Waals surface area contributed by atoms with Crippen LogP contribution >= 0.6 is 15.9 Å². The van der Waals surface area contributed by atoms with Gasteiger partial charge in [0.15, 0.2) is 0 Å². The summed E-state index contributed by atoms with van der Waals surface area (Å²) in [5, 5.41) is 13.3. The fraction of sp³-hybridized carbons (Fsp3) is 0.538. The third kappa shape index (κ3) is 3.13. The number of hydrogen-bond donors (Lipinski definition) is 2. The number of benzene rings is 1. The van der Waals surface area contributed by atoms with Crippen LogP contribution in [0.15, 0.2) is 22.7 Å². The van der Waals surface area contributed by atoms with Gasteiger partial charge in [-0.15, -0.1) is 0 Å². The second-order valence-electron chi connectivity index (χ2n) is 4.60. The molecule has 1 fully saturated rings. The zero-order valence-corrected chi connectivity index (χ0v) is 11.6. The van der Waals surface area contributed by atoms with Crippen LogP contribution in [0, 0.1) is 0 Å². The quantitative estimate of drug-likeness (QED) is 0.877. The standard InChI is InChI=1S/C13H18BrNO2/c1-17-10-3-4-12(11(14)9-10)15-8-7-13(16)5-2-6-13/h3-4,9,15-16H,2,5-8H2,1H3. The summed E-state index contributed by atoms with van der Waals surface area (Å²) >= 11 is 3.49. The number of methoxy groups -OCH3 is 1. The van der Waals surface area contributed by atoms with Crippen molar-refractivity contribution in [3.8, 4) is 5.75 Å². The molecule has 0 aliphatic heterocycles. The van der Waals surface area contributed by atoms with Crippen molar-refractivity contribution in [3.05, 3.63) is 22.7 Å². The molecule has 1 saturated carbocycles. The molecule has 2 rings (SSSR count). The lowest BCUT2D eigenvalue weighted by Gasteiger charge is -2.36. The minimum Gasteiger partial charge on any atom is -0.497 e. The minimum absolute atomic E-state index is 0.411. The second-order valence-corrected chi connectivity index (χ2v) is 5.45. The van der Waals surface area contributed by atoms with Gasteiger partial charge in [0.05, 0.1) is 12.7 Å². The number of nitrogens with one attached hydrogen (secondary N) is 1. The van der Waals surface area contributed by atoms with E-state index in [0.29, 0.717) is 0 Å². The lowest BCUT2D eigenvalue weighted by atomic mass is 9.78. The lowest BCUT2D eigenvalue weighted by molar-refractivity contribution is -0.0370. The monoisotopic (exact) mass is 299 g/mol. The Hall–Kier alpha value is -0.740. The van der Waals surface area contributed by atoms with Crippen molar-refractivity contribution < 1.29 is 9.84 Å². The first-order valence-corrected chi connectivity index (χ1v) is 6.72. The number of ether oxygens (including phenoxy) is 1. The van der Waals surface area contributed by atoms with Gasteiger partial charge in [0.2, 0.25) is 0 Å². The maximum Gasteiger partial charge on any atom is 0.120 e. The molecule has 0 unspecified atom stereocenters. The molecule has 0 aromatic heterocycles. The van der Waals surface area contributed by atoms with Crippen LogP contribution in [0.25, 0.3) is 0 Å². The van der Waals surface area contributed by atoms with Crippen molar-refractivity contribution in [2.45, 2.75) is 31.3 Å². The van der Waals surface area contributed by atoms with Gasteiger partial charge in [-0.05, 0) is 59.8 Å². The molecule has 0 amide bonds. The molecule has 0 heterocycles. The van der Waals surface area contributed by atoms with Gasteiger partial charge in [0.1, 0.15) is 5.75 Å². The summed E-state index contributed by atoms with van der Waals surface area (Å²) in [6.45, 7) is 0.793. The zero-order valence-electron chi connectivity index (χ0n) is 10.0. The van der Waals surface area contributed by atoms with Crippen LogP contribution in [0.5, 0.6) is 5.75 Å². The van der Waals surface area contributed by atoms with Gasteiger partial charge in [-0.2, -0.15) is 0 Å². The van der Waals surface area contributed by atoms with Gasteiger partial charge in [-0.1, -0.05) is 0 Å². The van der Waals surface area contributed by atoms with Crippen molar-refractivity contribution in [3.63, 3.8) is 0 Å². The van der Waals surface area contributed by atoms with Gasteiger partial charge in [0, 0.05) is 16.7 Å². The summed E-state index contributed by atoms with van der Waals surface area (Å²) in [5.74, 6) is 0.833. The van der Waals surface area contributed by atoms with E-state index in [1.807, 2.05) is 18.2 Å². The smallest absolute Gasteiger partial charge is 0.120 e. The average molecular weight is 300 g/mol. The normalized spacial score (nSPS) is 17.4. The van der Waals surface area contributed by atoms with Crippen LogP contribution < -0.4 is 10.1 Å². The highest BCUT2D eigenvalue weighted by molar-refractivity contribution is 9.10. The fourth-order valence-corrected chi connectivity index (χ4v) is 2.53. The van der Waals surface area contributed by atoms with Gasteiger partial charge in [-0.3, -0.25) is 0 Å². The van der Waals surface area contributed by atoms with Crippen molar-refractivity contribution >= 4 is 21.6 Å². The third-order valence-electron chi connectivity index (χ3n) is 3.37.